The van der Waals surface area contributed by atoms with Crippen LogP contribution in [0.5, 0.6) is 5.75 Å². The van der Waals surface area contributed by atoms with Gasteiger partial charge in [0.25, 0.3) is 5.91 Å². The van der Waals surface area contributed by atoms with Crippen LogP contribution in [-0.2, 0) is 14.3 Å². The number of hydrogen-bond donors (Lipinski definition) is 0. The van der Waals surface area contributed by atoms with Gasteiger partial charge in [-0.15, -0.1) is 0 Å². The average Bonchev–Trinajstić information content (AvgIpc) is 2.56. The van der Waals surface area contributed by atoms with Crippen molar-refractivity contribution in [3.63, 3.8) is 0 Å². The summed E-state index contributed by atoms with van der Waals surface area (Å²) in [7, 11) is 0. The fourth-order valence-corrected chi connectivity index (χ4v) is 2.94. The summed E-state index contributed by atoms with van der Waals surface area (Å²) in [6, 6.07) is 7.40. The van der Waals surface area contributed by atoms with E-state index in [2.05, 4.69) is 0 Å². The monoisotopic (exact) mass is 325 g/mol. The van der Waals surface area contributed by atoms with Crippen molar-refractivity contribution in [3.05, 3.63) is 29.3 Å². The Balaban J connectivity index is 1.48. The Morgan fingerprint density at radius 1 is 1.27 bits per heavy atom. The fourth-order valence-electron chi connectivity index (χ4n) is 2.76. The first-order chi connectivity index (χ1) is 10.7. The van der Waals surface area contributed by atoms with Gasteiger partial charge in [0.1, 0.15) is 11.9 Å². The molecule has 6 heteroatoms. The van der Waals surface area contributed by atoms with Crippen molar-refractivity contribution in [3.8, 4) is 5.75 Å². The van der Waals surface area contributed by atoms with Gasteiger partial charge in [-0.2, -0.15) is 0 Å². The quantitative estimate of drug-likeness (QED) is 0.854. The number of rotatable bonds is 3. The molecule has 2 fully saturated rings. The van der Waals surface area contributed by atoms with E-state index in [0.717, 1.165) is 18.6 Å². The first-order valence-corrected chi connectivity index (χ1v) is 8.00. The maximum atomic E-state index is 12.3. The Morgan fingerprint density at radius 3 is 2.77 bits per heavy atom. The number of amides is 1. The third kappa shape index (κ3) is 3.91. The van der Waals surface area contributed by atoms with E-state index in [-0.39, 0.29) is 12.0 Å². The average molecular weight is 326 g/mol. The summed E-state index contributed by atoms with van der Waals surface area (Å²) in [5, 5.41) is 0.666. The summed E-state index contributed by atoms with van der Waals surface area (Å²) in [5.41, 5.74) is 0. The number of ether oxygens (including phenoxy) is 3. The van der Waals surface area contributed by atoms with Crippen molar-refractivity contribution < 1.29 is 19.0 Å². The molecule has 22 heavy (non-hydrogen) atoms. The number of likely N-dealkylation sites (tertiary alicyclic amines) is 1. The number of piperidine rings is 1. The molecule has 3 rings (SSSR count). The van der Waals surface area contributed by atoms with Crippen LogP contribution in [0.15, 0.2) is 24.3 Å². The summed E-state index contributed by atoms with van der Waals surface area (Å²) < 4.78 is 16.7. The van der Waals surface area contributed by atoms with Gasteiger partial charge in [0.2, 0.25) is 0 Å². The minimum absolute atomic E-state index is 0.0286. The van der Waals surface area contributed by atoms with Crippen LogP contribution in [0.2, 0.25) is 5.02 Å². The smallest absolute Gasteiger partial charge is 0.254 e. The van der Waals surface area contributed by atoms with E-state index in [1.165, 1.54) is 0 Å². The van der Waals surface area contributed by atoms with Crippen LogP contribution in [-0.4, -0.2) is 55.9 Å². The van der Waals surface area contributed by atoms with Gasteiger partial charge in [0, 0.05) is 31.0 Å². The van der Waals surface area contributed by atoms with E-state index in [0.29, 0.717) is 37.9 Å². The molecule has 0 saturated carbocycles. The zero-order valence-electron chi connectivity index (χ0n) is 12.4. The van der Waals surface area contributed by atoms with Crippen molar-refractivity contribution >= 4 is 17.5 Å². The molecule has 2 aliphatic rings. The Morgan fingerprint density at radius 2 is 2.09 bits per heavy atom. The van der Waals surface area contributed by atoms with E-state index in [9.17, 15) is 4.79 Å². The highest BCUT2D eigenvalue weighted by atomic mass is 35.5. The van der Waals surface area contributed by atoms with E-state index < -0.39 is 6.10 Å². The highest BCUT2D eigenvalue weighted by Gasteiger charge is 2.30. The number of benzene rings is 1. The van der Waals surface area contributed by atoms with Crippen LogP contribution < -0.4 is 4.74 Å². The number of carbonyl (C=O) groups is 1. The van der Waals surface area contributed by atoms with E-state index in [4.69, 9.17) is 25.8 Å². The molecule has 2 aliphatic heterocycles. The molecule has 1 aromatic rings. The van der Waals surface area contributed by atoms with Gasteiger partial charge >= 0.3 is 0 Å². The molecule has 2 saturated heterocycles. The van der Waals surface area contributed by atoms with Crippen molar-refractivity contribution in [2.24, 2.45) is 0 Å². The molecule has 5 nitrogen and oxygen atoms in total. The van der Waals surface area contributed by atoms with Crippen LogP contribution in [0, 0.1) is 0 Å². The lowest BCUT2D eigenvalue weighted by Crippen LogP contribution is -2.49. The molecule has 1 unspecified atom stereocenters. The maximum Gasteiger partial charge on any atom is 0.254 e. The van der Waals surface area contributed by atoms with E-state index >= 15 is 0 Å². The fraction of sp³-hybridized carbons (Fsp3) is 0.562. The Bertz CT molecular complexity index is 511. The normalized spacial score (nSPS) is 23.3. The number of halogens is 1. The molecule has 120 valence electrons. The molecule has 2 heterocycles. The van der Waals surface area contributed by atoms with Crippen LogP contribution in [0.25, 0.3) is 0 Å². The number of carbonyl (C=O) groups excluding carboxylic acids is 1. The molecule has 1 amide bonds. The number of hydrogen-bond acceptors (Lipinski definition) is 4. The largest absolute Gasteiger partial charge is 0.490 e. The van der Waals surface area contributed by atoms with Gasteiger partial charge in [0.15, 0.2) is 6.10 Å². The maximum absolute atomic E-state index is 12.3. The second-order valence-corrected chi connectivity index (χ2v) is 5.97. The predicted molar refractivity (Wildman–Crippen MR) is 82.2 cm³/mol. The van der Waals surface area contributed by atoms with Gasteiger partial charge < -0.3 is 19.1 Å². The highest BCUT2D eigenvalue weighted by molar-refractivity contribution is 6.30. The Hall–Kier alpha value is -1.30. The van der Waals surface area contributed by atoms with E-state index in [1.807, 2.05) is 29.2 Å². The number of nitrogens with zero attached hydrogens (tertiary/aromatic N) is 1. The first kappa shape index (κ1) is 15.6. The topological polar surface area (TPSA) is 48.0 Å². The van der Waals surface area contributed by atoms with Gasteiger partial charge in [-0.3, -0.25) is 4.79 Å². The zero-order chi connectivity index (χ0) is 15.4. The van der Waals surface area contributed by atoms with Gasteiger partial charge in [-0.1, -0.05) is 17.7 Å². The Kier molecular flexibility index (Phi) is 5.18. The second kappa shape index (κ2) is 7.31. The first-order valence-electron chi connectivity index (χ1n) is 7.63. The predicted octanol–water partition coefficient (Wildman–Crippen LogP) is 2.13. The lowest BCUT2D eigenvalue weighted by molar-refractivity contribution is -0.159. The highest BCUT2D eigenvalue weighted by Crippen LogP contribution is 2.22. The molecule has 0 bridgehead atoms. The molecule has 1 aromatic carbocycles. The van der Waals surface area contributed by atoms with Gasteiger partial charge in [-0.05, 0) is 18.2 Å². The van der Waals surface area contributed by atoms with Crippen LogP contribution >= 0.6 is 11.6 Å². The van der Waals surface area contributed by atoms with E-state index in [1.54, 1.807) is 0 Å². The second-order valence-electron chi connectivity index (χ2n) is 5.53. The molecular formula is C16H20ClNO4. The molecule has 0 aliphatic carbocycles. The molecule has 0 radical (unpaired) electrons. The zero-order valence-corrected chi connectivity index (χ0v) is 13.1. The molecule has 1 atom stereocenters. The van der Waals surface area contributed by atoms with Crippen molar-refractivity contribution in [1.82, 2.24) is 4.90 Å². The standard InChI is InChI=1S/C16H20ClNO4/c17-12-2-1-3-14(10-12)22-13-4-6-18(7-5-13)16(19)15-11-20-8-9-21-15/h1-3,10,13,15H,4-9,11H2. The summed E-state index contributed by atoms with van der Waals surface area (Å²) in [6.07, 6.45) is 1.29. The summed E-state index contributed by atoms with van der Waals surface area (Å²) >= 11 is 5.95. The van der Waals surface area contributed by atoms with Crippen LogP contribution in [0.3, 0.4) is 0 Å². The lowest BCUT2D eigenvalue weighted by atomic mass is 10.1. The third-order valence-electron chi connectivity index (χ3n) is 3.94. The van der Waals surface area contributed by atoms with Crippen LogP contribution in [0.4, 0.5) is 0 Å². The summed E-state index contributed by atoms with van der Waals surface area (Å²) in [6.45, 7) is 2.79. The molecular weight excluding hydrogens is 306 g/mol. The van der Waals surface area contributed by atoms with Gasteiger partial charge in [0.05, 0.1) is 19.8 Å². The molecule has 0 aromatic heterocycles. The molecule has 0 spiro atoms. The summed E-state index contributed by atoms with van der Waals surface area (Å²) in [4.78, 5) is 14.2. The molecule has 0 N–H and O–H groups in total. The SMILES string of the molecule is O=C(C1COCCO1)N1CCC(Oc2cccc(Cl)c2)CC1. The minimum atomic E-state index is -0.445. The van der Waals surface area contributed by atoms with Gasteiger partial charge in [-0.25, -0.2) is 0 Å². The van der Waals surface area contributed by atoms with Crippen LogP contribution in [0.1, 0.15) is 12.8 Å². The van der Waals surface area contributed by atoms with Crippen molar-refractivity contribution in [2.75, 3.05) is 32.9 Å². The lowest BCUT2D eigenvalue weighted by Gasteiger charge is -2.35. The Labute approximate surface area is 135 Å². The third-order valence-corrected chi connectivity index (χ3v) is 4.18. The minimum Gasteiger partial charge on any atom is -0.490 e. The van der Waals surface area contributed by atoms with Crippen molar-refractivity contribution in [1.29, 1.82) is 0 Å². The summed E-state index contributed by atoms with van der Waals surface area (Å²) in [5.74, 6) is 0.808. The van der Waals surface area contributed by atoms with Crippen molar-refractivity contribution in [2.45, 2.75) is 25.0 Å².